The standard InChI is InChI=1S/C23H15Cl5O3/c1-30-22-7-3-13(2-6-21(29)16-5-4-15(24)9-17(16)25)8-14(22)12-31-23-11-19(27)18(26)10-20(23)28/h2-11H,12H2,1H3/b6-2+. The van der Waals surface area contributed by atoms with E-state index in [1.165, 1.54) is 18.2 Å². The highest BCUT2D eigenvalue weighted by Gasteiger charge is 2.11. The summed E-state index contributed by atoms with van der Waals surface area (Å²) in [5, 5.41) is 1.78. The first kappa shape index (κ1) is 23.8. The van der Waals surface area contributed by atoms with Crippen molar-refractivity contribution >= 4 is 69.9 Å². The van der Waals surface area contributed by atoms with Crippen LogP contribution in [0.1, 0.15) is 21.5 Å². The number of hydrogen-bond donors (Lipinski definition) is 0. The summed E-state index contributed by atoms with van der Waals surface area (Å²) < 4.78 is 11.2. The smallest absolute Gasteiger partial charge is 0.187 e. The van der Waals surface area contributed by atoms with E-state index in [0.717, 1.165) is 11.1 Å². The summed E-state index contributed by atoms with van der Waals surface area (Å²) in [6.45, 7) is 0.166. The molecule has 3 aromatic rings. The van der Waals surface area contributed by atoms with Crippen LogP contribution in [0.25, 0.3) is 6.08 Å². The van der Waals surface area contributed by atoms with Gasteiger partial charge in [-0.2, -0.15) is 0 Å². The first-order valence-corrected chi connectivity index (χ1v) is 10.8. The number of methoxy groups -OCH3 is 1. The molecule has 31 heavy (non-hydrogen) atoms. The largest absolute Gasteiger partial charge is 0.496 e. The SMILES string of the molecule is COc1ccc(/C=C/C(=O)c2ccc(Cl)cc2Cl)cc1COc1cc(Cl)c(Cl)cc1Cl. The Morgan fingerprint density at radius 1 is 0.839 bits per heavy atom. The molecule has 0 radical (unpaired) electrons. The molecule has 0 aromatic heterocycles. The van der Waals surface area contributed by atoms with Crippen molar-refractivity contribution < 1.29 is 14.3 Å². The molecule has 0 atom stereocenters. The average Bonchev–Trinajstić information content (AvgIpc) is 2.73. The van der Waals surface area contributed by atoms with Gasteiger partial charge in [-0.05, 0) is 48.0 Å². The number of allylic oxidation sites excluding steroid dienone is 1. The van der Waals surface area contributed by atoms with Crippen LogP contribution >= 0.6 is 58.0 Å². The Bertz CT molecular complexity index is 1160. The molecule has 0 saturated heterocycles. The van der Waals surface area contributed by atoms with Gasteiger partial charge in [0.05, 0.1) is 27.2 Å². The summed E-state index contributed by atoms with van der Waals surface area (Å²) in [5.74, 6) is 0.782. The molecular weight excluding hydrogens is 502 g/mol. The van der Waals surface area contributed by atoms with E-state index in [1.54, 1.807) is 37.5 Å². The molecule has 0 amide bonds. The fourth-order valence-electron chi connectivity index (χ4n) is 2.74. The Hall–Kier alpha value is -1.88. The second-order valence-corrected chi connectivity index (χ2v) is 8.44. The van der Waals surface area contributed by atoms with Crippen LogP contribution in [0.15, 0.2) is 54.6 Å². The minimum absolute atomic E-state index is 0.166. The number of carbonyl (C=O) groups excluding carboxylic acids is 1. The van der Waals surface area contributed by atoms with E-state index in [4.69, 9.17) is 67.5 Å². The van der Waals surface area contributed by atoms with E-state index in [2.05, 4.69) is 0 Å². The zero-order valence-corrected chi connectivity index (χ0v) is 19.9. The molecule has 0 heterocycles. The number of carbonyl (C=O) groups is 1. The third-order valence-electron chi connectivity index (χ3n) is 4.29. The molecule has 8 heteroatoms. The van der Waals surface area contributed by atoms with Gasteiger partial charge in [-0.3, -0.25) is 4.79 Å². The van der Waals surface area contributed by atoms with Crippen LogP contribution in [0.5, 0.6) is 11.5 Å². The molecule has 0 N–H and O–H groups in total. The summed E-state index contributed by atoms with van der Waals surface area (Å²) >= 11 is 30.1. The van der Waals surface area contributed by atoms with Crippen LogP contribution < -0.4 is 9.47 Å². The molecule has 3 rings (SSSR count). The molecule has 160 valence electrons. The van der Waals surface area contributed by atoms with Crippen molar-refractivity contribution in [1.29, 1.82) is 0 Å². The molecule has 0 saturated carbocycles. The van der Waals surface area contributed by atoms with Gasteiger partial charge in [-0.1, -0.05) is 70.1 Å². The third kappa shape index (κ3) is 6.09. The minimum atomic E-state index is -0.238. The third-order valence-corrected chi connectivity index (χ3v) is 5.85. The van der Waals surface area contributed by atoms with Gasteiger partial charge in [0.2, 0.25) is 0 Å². The van der Waals surface area contributed by atoms with Gasteiger partial charge in [0.15, 0.2) is 5.78 Å². The Labute approximate surface area is 205 Å². The van der Waals surface area contributed by atoms with E-state index in [0.29, 0.717) is 42.2 Å². The first-order chi connectivity index (χ1) is 14.8. The molecule has 0 fully saturated rings. The van der Waals surface area contributed by atoms with Gasteiger partial charge in [-0.25, -0.2) is 0 Å². The van der Waals surface area contributed by atoms with Gasteiger partial charge in [0.25, 0.3) is 0 Å². The van der Waals surface area contributed by atoms with Gasteiger partial charge in [0, 0.05) is 22.2 Å². The zero-order valence-electron chi connectivity index (χ0n) is 16.1. The van der Waals surface area contributed by atoms with Crippen LogP contribution in [-0.4, -0.2) is 12.9 Å². The summed E-state index contributed by atoms with van der Waals surface area (Å²) in [6.07, 6.45) is 3.12. The van der Waals surface area contributed by atoms with Gasteiger partial charge in [0.1, 0.15) is 18.1 Å². The lowest BCUT2D eigenvalue weighted by molar-refractivity contribution is 0.104. The maximum atomic E-state index is 12.5. The zero-order chi connectivity index (χ0) is 22.5. The molecule has 0 bridgehead atoms. The topological polar surface area (TPSA) is 35.5 Å². The molecule has 0 unspecified atom stereocenters. The summed E-state index contributed by atoms with van der Waals surface area (Å²) in [4.78, 5) is 12.5. The number of rotatable bonds is 7. The van der Waals surface area contributed by atoms with Crippen LogP contribution in [0, 0.1) is 0 Å². The van der Waals surface area contributed by atoms with Gasteiger partial charge < -0.3 is 9.47 Å². The molecule has 0 aliphatic heterocycles. The van der Waals surface area contributed by atoms with Gasteiger partial charge >= 0.3 is 0 Å². The van der Waals surface area contributed by atoms with Crippen LogP contribution in [0.2, 0.25) is 25.1 Å². The maximum absolute atomic E-state index is 12.5. The predicted octanol–water partition coefficient (Wildman–Crippen LogP) is 8.44. The molecule has 0 aliphatic carbocycles. The van der Waals surface area contributed by atoms with E-state index < -0.39 is 0 Å². The van der Waals surface area contributed by atoms with Crippen molar-refractivity contribution in [2.45, 2.75) is 6.61 Å². The van der Waals surface area contributed by atoms with Crippen molar-refractivity contribution in [3.63, 3.8) is 0 Å². The fourth-order valence-corrected chi connectivity index (χ4v) is 3.83. The van der Waals surface area contributed by atoms with Gasteiger partial charge in [-0.15, -0.1) is 0 Å². The highest BCUT2D eigenvalue weighted by Crippen LogP contribution is 2.35. The quantitative estimate of drug-likeness (QED) is 0.180. The Balaban J connectivity index is 1.79. The normalized spacial score (nSPS) is 11.0. The van der Waals surface area contributed by atoms with Crippen molar-refractivity contribution in [2.24, 2.45) is 0 Å². The monoisotopic (exact) mass is 514 g/mol. The highest BCUT2D eigenvalue weighted by atomic mass is 35.5. The second kappa shape index (κ2) is 10.6. The summed E-state index contributed by atoms with van der Waals surface area (Å²) in [7, 11) is 1.56. The summed E-state index contributed by atoms with van der Waals surface area (Å²) in [5.41, 5.74) is 1.90. The lowest BCUT2D eigenvalue weighted by Gasteiger charge is -2.13. The molecule has 0 spiro atoms. The number of ether oxygens (including phenoxy) is 2. The van der Waals surface area contributed by atoms with Crippen LogP contribution in [-0.2, 0) is 6.61 Å². The molecular formula is C23H15Cl5O3. The van der Waals surface area contributed by atoms with Crippen molar-refractivity contribution in [1.82, 2.24) is 0 Å². The molecule has 3 aromatic carbocycles. The second-order valence-electron chi connectivity index (χ2n) is 6.38. The average molecular weight is 517 g/mol. The molecule has 3 nitrogen and oxygen atoms in total. The Morgan fingerprint density at radius 3 is 2.29 bits per heavy atom. The van der Waals surface area contributed by atoms with E-state index in [1.807, 2.05) is 12.1 Å². The lowest BCUT2D eigenvalue weighted by Crippen LogP contribution is -2.00. The van der Waals surface area contributed by atoms with Crippen LogP contribution in [0.4, 0.5) is 0 Å². The predicted molar refractivity (Wildman–Crippen MR) is 129 cm³/mol. The van der Waals surface area contributed by atoms with E-state index >= 15 is 0 Å². The van der Waals surface area contributed by atoms with Crippen molar-refractivity contribution in [3.8, 4) is 11.5 Å². The molecule has 0 aliphatic rings. The van der Waals surface area contributed by atoms with Crippen molar-refractivity contribution in [3.05, 3.63) is 96.4 Å². The fraction of sp³-hybridized carbons (Fsp3) is 0.0870. The van der Waals surface area contributed by atoms with E-state index in [9.17, 15) is 4.79 Å². The number of hydrogen-bond acceptors (Lipinski definition) is 3. The lowest BCUT2D eigenvalue weighted by atomic mass is 10.1. The van der Waals surface area contributed by atoms with E-state index in [-0.39, 0.29) is 12.4 Å². The maximum Gasteiger partial charge on any atom is 0.187 e. The van der Waals surface area contributed by atoms with Crippen LogP contribution in [0.3, 0.4) is 0 Å². The first-order valence-electron chi connectivity index (χ1n) is 8.90. The Kier molecular flexibility index (Phi) is 8.15. The highest BCUT2D eigenvalue weighted by molar-refractivity contribution is 6.43. The number of halogens is 5. The summed E-state index contributed by atoms with van der Waals surface area (Å²) in [6, 6.07) is 13.3. The van der Waals surface area contributed by atoms with Crippen molar-refractivity contribution in [2.75, 3.05) is 7.11 Å². The Morgan fingerprint density at radius 2 is 1.58 bits per heavy atom. The number of benzene rings is 3. The minimum Gasteiger partial charge on any atom is -0.496 e. The number of ketones is 1.